The number of benzene rings is 3. The summed E-state index contributed by atoms with van der Waals surface area (Å²) in [4.78, 5) is 49.2. The Kier molecular flexibility index (Phi) is 10.3. The fraction of sp³-hybridized carbons (Fsp3) is 0.438. The van der Waals surface area contributed by atoms with E-state index in [1.807, 2.05) is 42.5 Å². The highest BCUT2D eigenvalue weighted by Gasteiger charge is 2.64. The lowest BCUT2D eigenvalue weighted by Crippen LogP contribution is -2.74. The highest BCUT2D eigenvalue weighted by atomic mass is 16.5. The van der Waals surface area contributed by atoms with E-state index in [1.165, 1.54) is 0 Å². The normalized spacial score (nSPS) is 22.3. The summed E-state index contributed by atoms with van der Waals surface area (Å²) in [6.07, 6.45) is 8.46. The number of fused-ring (bicyclic) bond motifs is 2. The van der Waals surface area contributed by atoms with E-state index >= 15 is 0 Å². The molecule has 2 aromatic heterocycles. The van der Waals surface area contributed by atoms with Crippen molar-refractivity contribution in [2.45, 2.75) is 78.0 Å². The number of urea groups is 1. The van der Waals surface area contributed by atoms with E-state index in [0.717, 1.165) is 86.1 Å². The standard InChI is InChI=1S/C48H54N8O4/c1-47(2)44(48(3,4)45(47)60-40-15-12-33(29-49)42-37(40)7-6-22-50-42)52-43(58)32-10-13-34(14-11-32)54-25-16-31(17-26-54)30-53-23-18-35(19-24-53)55-27-20-36-38(55)8-5-9-39(36)56-28-21-41(57)51-46(56)59/h5-15,20,22,27,31,35,44-45H,16-19,21,23-26,28,30H2,1-4H3,(H,52,58)(H,51,57,59). The summed E-state index contributed by atoms with van der Waals surface area (Å²) in [5, 5.41) is 17.2. The van der Waals surface area contributed by atoms with Crippen LogP contribution in [0.2, 0.25) is 0 Å². The van der Waals surface area contributed by atoms with Crippen molar-refractivity contribution in [2.75, 3.05) is 49.1 Å². The van der Waals surface area contributed by atoms with E-state index in [1.54, 1.807) is 17.2 Å². The third-order valence-electron chi connectivity index (χ3n) is 13.9. The molecule has 3 saturated heterocycles. The monoisotopic (exact) mass is 806 g/mol. The molecule has 12 heteroatoms. The van der Waals surface area contributed by atoms with E-state index in [0.29, 0.717) is 47.3 Å². The van der Waals surface area contributed by atoms with Gasteiger partial charge in [-0.2, -0.15) is 5.26 Å². The predicted molar refractivity (Wildman–Crippen MR) is 233 cm³/mol. The molecule has 0 bridgehead atoms. The van der Waals surface area contributed by atoms with Crippen LogP contribution in [0.5, 0.6) is 5.75 Å². The Labute approximate surface area is 351 Å². The molecular weight excluding hydrogens is 753 g/mol. The van der Waals surface area contributed by atoms with Gasteiger partial charge in [-0.25, -0.2) is 4.79 Å². The summed E-state index contributed by atoms with van der Waals surface area (Å²) in [5.74, 6) is 1.05. The molecule has 1 aliphatic carbocycles. The van der Waals surface area contributed by atoms with E-state index < -0.39 is 0 Å². The lowest BCUT2D eigenvalue weighted by Gasteiger charge is -2.63. The third-order valence-corrected chi connectivity index (χ3v) is 13.9. The summed E-state index contributed by atoms with van der Waals surface area (Å²) in [6.45, 7) is 14.2. The maximum Gasteiger partial charge on any atom is 0.328 e. The SMILES string of the molecule is CC1(C)C(NC(=O)c2ccc(N3CCC(CN4CCC(n5ccc6c(N7CCC(=O)NC7=O)cccc65)CC4)CC3)cc2)C(C)(C)C1Oc1ccc(C#N)c2ncccc12. The van der Waals surface area contributed by atoms with Crippen molar-refractivity contribution in [1.29, 1.82) is 5.26 Å². The fourth-order valence-electron chi connectivity index (χ4n) is 10.9. The molecule has 4 amide bonds. The van der Waals surface area contributed by atoms with E-state index in [2.05, 4.69) is 94.2 Å². The second-order valence-electron chi connectivity index (χ2n) is 18.4. The molecule has 4 fully saturated rings. The Morgan fingerprint density at radius 2 is 1.63 bits per heavy atom. The van der Waals surface area contributed by atoms with Gasteiger partial charge in [0.1, 0.15) is 17.9 Å². The number of piperidine rings is 2. The van der Waals surface area contributed by atoms with Gasteiger partial charge in [0.05, 0.1) is 22.3 Å². The molecule has 0 radical (unpaired) electrons. The Morgan fingerprint density at radius 3 is 2.35 bits per heavy atom. The van der Waals surface area contributed by atoms with Gasteiger partial charge in [-0.05, 0) is 98.3 Å². The number of pyridine rings is 1. The summed E-state index contributed by atoms with van der Waals surface area (Å²) in [6, 6.07) is 25.9. The van der Waals surface area contributed by atoms with Gasteiger partial charge in [0.2, 0.25) is 5.91 Å². The predicted octanol–water partition coefficient (Wildman–Crippen LogP) is 7.67. The number of nitrogens with one attached hydrogen (secondary N) is 2. The first kappa shape index (κ1) is 39.5. The van der Waals surface area contributed by atoms with Gasteiger partial charge in [0.15, 0.2) is 0 Å². The van der Waals surface area contributed by atoms with Crippen LogP contribution in [0.4, 0.5) is 16.2 Å². The number of rotatable bonds is 9. The van der Waals surface area contributed by atoms with Crippen LogP contribution in [0.3, 0.4) is 0 Å². The van der Waals surface area contributed by atoms with Crippen molar-refractivity contribution in [3.05, 3.63) is 96.3 Å². The zero-order chi connectivity index (χ0) is 41.8. The summed E-state index contributed by atoms with van der Waals surface area (Å²) in [7, 11) is 0. The number of hydrogen-bond acceptors (Lipinski definition) is 8. The Morgan fingerprint density at radius 1 is 0.883 bits per heavy atom. The van der Waals surface area contributed by atoms with Crippen LogP contribution in [-0.2, 0) is 4.79 Å². The number of hydrogen-bond donors (Lipinski definition) is 2. The molecule has 310 valence electrons. The van der Waals surface area contributed by atoms with Crippen molar-refractivity contribution < 1.29 is 19.1 Å². The molecule has 0 atom stereocenters. The van der Waals surface area contributed by atoms with Crippen LogP contribution < -0.4 is 25.2 Å². The first-order valence-electron chi connectivity index (χ1n) is 21.5. The van der Waals surface area contributed by atoms with Crippen LogP contribution in [0.15, 0.2) is 85.2 Å². The minimum Gasteiger partial charge on any atom is -0.488 e. The number of nitriles is 1. The van der Waals surface area contributed by atoms with Crippen LogP contribution in [0.25, 0.3) is 21.8 Å². The number of anilines is 2. The number of carbonyl (C=O) groups is 3. The summed E-state index contributed by atoms with van der Waals surface area (Å²) in [5.41, 5.74) is 4.26. The third kappa shape index (κ3) is 7.12. The second kappa shape index (κ2) is 15.6. The molecule has 5 aromatic rings. The molecular formula is C48H54N8O4. The zero-order valence-corrected chi connectivity index (χ0v) is 35.0. The molecule has 0 spiro atoms. The average Bonchev–Trinajstić information content (AvgIpc) is 3.70. The first-order chi connectivity index (χ1) is 28.9. The second-order valence-corrected chi connectivity index (χ2v) is 18.4. The zero-order valence-electron chi connectivity index (χ0n) is 35.0. The molecule has 12 nitrogen and oxygen atoms in total. The van der Waals surface area contributed by atoms with E-state index in [4.69, 9.17) is 4.74 Å². The quantitative estimate of drug-likeness (QED) is 0.155. The first-order valence-corrected chi connectivity index (χ1v) is 21.5. The molecule has 1 saturated carbocycles. The number of aromatic nitrogens is 2. The molecule has 2 N–H and O–H groups in total. The van der Waals surface area contributed by atoms with Gasteiger partial charge in [-0.3, -0.25) is 24.8 Å². The number of nitrogens with zero attached hydrogens (tertiary/aromatic N) is 6. The van der Waals surface area contributed by atoms with Crippen molar-refractivity contribution >= 4 is 51.0 Å². The van der Waals surface area contributed by atoms with Crippen molar-refractivity contribution in [3.63, 3.8) is 0 Å². The lowest BCUT2D eigenvalue weighted by atomic mass is 9.49. The van der Waals surface area contributed by atoms with Gasteiger partial charge in [-0.1, -0.05) is 33.8 Å². The minimum absolute atomic E-state index is 0.0819. The van der Waals surface area contributed by atoms with Gasteiger partial charge in [-0.15, -0.1) is 0 Å². The Bertz CT molecular complexity index is 2470. The van der Waals surface area contributed by atoms with Crippen LogP contribution in [-0.4, -0.2) is 83.7 Å². The van der Waals surface area contributed by atoms with Crippen LogP contribution >= 0.6 is 0 Å². The summed E-state index contributed by atoms with van der Waals surface area (Å²) < 4.78 is 9.06. The van der Waals surface area contributed by atoms with Gasteiger partial charge in [0, 0.05) is 103 Å². The van der Waals surface area contributed by atoms with Gasteiger partial charge >= 0.3 is 6.03 Å². The van der Waals surface area contributed by atoms with E-state index in [9.17, 15) is 19.6 Å². The number of imide groups is 1. The number of likely N-dealkylation sites (tertiary alicyclic amines) is 1. The molecule has 60 heavy (non-hydrogen) atoms. The van der Waals surface area contributed by atoms with Crippen molar-refractivity contribution in [3.8, 4) is 11.8 Å². The molecule has 3 aliphatic heterocycles. The Hall–Kier alpha value is -5.93. The van der Waals surface area contributed by atoms with Crippen LogP contribution in [0.1, 0.15) is 81.8 Å². The molecule has 3 aromatic carbocycles. The lowest BCUT2D eigenvalue weighted by molar-refractivity contribution is -0.163. The highest BCUT2D eigenvalue weighted by molar-refractivity contribution is 6.09. The molecule has 5 heterocycles. The maximum absolute atomic E-state index is 13.7. The molecule has 0 unspecified atom stereocenters. The van der Waals surface area contributed by atoms with Crippen molar-refractivity contribution in [2.24, 2.45) is 16.7 Å². The summed E-state index contributed by atoms with van der Waals surface area (Å²) >= 11 is 0. The van der Waals surface area contributed by atoms with Crippen LogP contribution in [0, 0.1) is 28.1 Å². The maximum atomic E-state index is 13.7. The van der Waals surface area contributed by atoms with Crippen molar-refractivity contribution in [1.82, 2.24) is 25.1 Å². The fourth-order valence-corrected chi connectivity index (χ4v) is 10.9. The number of ether oxygens (including phenoxy) is 1. The largest absolute Gasteiger partial charge is 0.488 e. The average molecular weight is 807 g/mol. The van der Waals surface area contributed by atoms with E-state index in [-0.39, 0.29) is 40.8 Å². The smallest absolute Gasteiger partial charge is 0.328 e. The minimum atomic E-state index is -0.349. The highest BCUT2D eigenvalue weighted by Crippen LogP contribution is 2.56. The molecule has 9 rings (SSSR count). The Balaban J connectivity index is 0.751. The number of carbonyl (C=O) groups excluding carboxylic acids is 3. The topological polar surface area (TPSA) is 136 Å². The number of amides is 4. The van der Waals surface area contributed by atoms with Gasteiger partial charge < -0.3 is 24.4 Å². The van der Waals surface area contributed by atoms with Gasteiger partial charge in [0.25, 0.3) is 5.91 Å². The molecule has 4 aliphatic rings.